The highest BCUT2D eigenvalue weighted by atomic mass is 32.1. The van der Waals surface area contributed by atoms with Crippen molar-refractivity contribution in [3.63, 3.8) is 0 Å². The lowest BCUT2D eigenvalue weighted by Crippen LogP contribution is -2.34. The van der Waals surface area contributed by atoms with Crippen LogP contribution in [0, 0.1) is 6.92 Å². The molecule has 0 aliphatic carbocycles. The zero-order chi connectivity index (χ0) is 13.9. The predicted octanol–water partition coefficient (Wildman–Crippen LogP) is 3.38. The zero-order valence-corrected chi connectivity index (χ0v) is 13.0. The Morgan fingerprint density at radius 2 is 2.16 bits per heavy atom. The summed E-state index contributed by atoms with van der Waals surface area (Å²) >= 11 is 1.75. The van der Waals surface area contributed by atoms with Crippen molar-refractivity contribution >= 4 is 11.3 Å². The van der Waals surface area contributed by atoms with Gasteiger partial charge in [0, 0.05) is 42.3 Å². The molecule has 0 amide bonds. The van der Waals surface area contributed by atoms with E-state index < -0.39 is 0 Å². The number of rotatable bonds is 5. The van der Waals surface area contributed by atoms with Crippen molar-refractivity contribution in [2.45, 2.75) is 52.7 Å². The van der Waals surface area contributed by atoms with Crippen LogP contribution in [0.15, 0.2) is 24.0 Å². The Labute approximate surface area is 119 Å². The third-order valence-electron chi connectivity index (χ3n) is 3.08. The van der Waals surface area contributed by atoms with Crippen molar-refractivity contribution in [1.29, 1.82) is 0 Å². The molecule has 0 saturated carbocycles. The molecule has 0 aliphatic rings. The van der Waals surface area contributed by atoms with E-state index in [1.807, 2.05) is 5.51 Å². The number of thiazole rings is 1. The van der Waals surface area contributed by atoms with Crippen LogP contribution in [0.25, 0.3) is 0 Å². The van der Waals surface area contributed by atoms with Gasteiger partial charge in [0.15, 0.2) is 0 Å². The molecule has 0 unspecified atom stereocenters. The van der Waals surface area contributed by atoms with Crippen molar-refractivity contribution < 1.29 is 0 Å². The van der Waals surface area contributed by atoms with E-state index in [9.17, 15) is 0 Å². The molecule has 2 rings (SSSR count). The van der Waals surface area contributed by atoms with Gasteiger partial charge in [-0.3, -0.25) is 0 Å². The third kappa shape index (κ3) is 4.48. The molecule has 0 aliphatic heterocycles. The molecule has 2 aromatic rings. The van der Waals surface area contributed by atoms with Crippen molar-refractivity contribution in [3.05, 3.63) is 40.1 Å². The summed E-state index contributed by atoms with van der Waals surface area (Å²) < 4.78 is 2.26. The number of nitrogens with one attached hydrogen (secondary N) is 1. The SMILES string of the molecule is Cc1ncsc1CCn1ccc(CNC(C)(C)C)c1. The first-order valence-corrected chi connectivity index (χ1v) is 7.61. The maximum Gasteiger partial charge on any atom is 0.0797 e. The van der Waals surface area contributed by atoms with Gasteiger partial charge in [-0.05, 0) is 39.3 Å². The number of hydrogen-bond donors (Lipinski definition) is 1. The van der Waals surface area contributed by atoms with E-state index in [0.717, 1.165) is 19.5 Å². The molecule has 0 atom stereocenters. The maximum atomic E-state index is 4.29. The highest BCUT2D eigenvalue weighted by molar-refractivity contribution is 7.09. The molecule has 0 radical (unpaired) electrons. The second-order valence-corrected chi connectivity index (χ2v) is 6.91. The number of aryl methyl sites for hydroxylation is 3. The molecule has 3 nitrogen and oxygen atoms in total. The van der Waals surface area contributed by atoms with Crippen molar-refractivity contribution in [1.82, 2.24) is 14.9 Å². The van der Waals surface area contributed by atoms with E-state index in [-0.39, 0.29) is 5.54 Å². The Bertz CT molecular complexity index is 519. The van der Waals surface area contributed by atoms with Crippen LogP contribution in [0.5, 0.6) is 0 Å². The first kappa shape index (κ1) is 14.3. The van der Waals surface area contributed by atoms with Crippen LogP contribution in [0.1, 0.15) is 36.9 Å². The molecule has 1 N–H and O–H groups in total. The van der Waals surface area contributed by atoms with E-state index in [0.29, 0.717) is 0 Å². The summed E-state index contributed by atoms with van der Waals surface area (Å²) in [5, 5.41) is 3.51. The smallest absolute Gasteiger partial charge is 0.0797 e. The van der Waals surface area contributed by atoms with Crippen LogP contribution in [0.3, 0.4) is 0 Å². The zero-order valence-electron chi connectivity index (χ0n) is 12.2. The van der Waals surface area contributed by atoms with Crippen molar-refractivity contribution in [2.24, 2.45) is 0 Å². The Morgan fingerprint density at radius 3 is 2.79 bits per heavy atom. The minimum absolute atomic E-state index is 0.169. The van der Waals surface area contributed by atoms with Crippen LogP contribution >= 0.6 is 11.3 Å². The highest BCUT2D eigenvalue weighted by Crippen LogP contribution is 2.14. The maximum absolute atomic E-state index is 4.29. The number of aromatic nitrogens is 2. The molecule has 0 aromatic carbocycles. The number of nitrogens with zero attached hydrogens (tertiary/aromatic N) is 2. The number of hydrogen-bond acceptors (Lipinski definition) is 3. The fourth-order valence-corrected chi connectivity index (χ4v) is 2.67. The standard InChI is InChI=1S/C15H23N3S/c1-12-14(19-11-16-12)6-8-18-7-5-13(10-18)9-17-15(2,3)4/h5,7,10-11,17H,6,8-9H2,1-4H3. The normalized spacial score (nSPS) is 12.0. The molecule has 0 saturated heterocycles. The van der Waals surface area contributed by atoms with Crippen molar-refractivity contribution in [3.8, 4) is 0 Å². The van der Waals surface area contributed by atoms with Crippen LogP contribution in [-0.2, 0) is 19.5 Å². The third-order valence-corrected chi connectivity index (χ3v) is 4.07. The predicted molar refractivity (Wildman–Crippen MR) is 81.6 cm³/mol. The minimum atomic E-state index is 0.169. The van der Waals surface area contributed by atoms with E-state index >= 15 is 0 Å². The van der Waals surface area contributed by atoms with Gasteiger partial charge >= 0.3 is 0 Å². The van der Waals surface area contributed by atoms with Crippen LogP contribution in [0.4, 0.5) is 0 Å². The van der Waals surface area contributed by atoms with Crippen LogP contribution < -0.4 is 5.32 Å². The first-order valence-electron chi connectivity index (χ1n) is 6.73. The molecule has 0 spiro atoms. The fraction of sp³-hybridized carbons (Fsp3) is 0.533. The summed E-state index contributed by atoms with van der Waals surface area (Å²) in [4.78, 5) is 5.68. The first-order chi connectivity index (χ1) is 8.94. The van der Waals surface area contributed by atoms with Crippen LogP contribution in [-0.4, -0.2) is 15.1 Å². The van der Waals surface area contributed by atoms with E-state index in [2.05, 4.69) is 61.0 Å². The molecule has 2 aromatic heterocycles. The lowest BCUT2D eigenvalue weighted by molar-refractivity contribution is 0.424. The fourth-order valence-electron chi connectivity index (χ4n) is 1.90. The summed E-state index contributed by atoms with van der Waals surface area (Å²) in [5.41, 5.74) is 4.61. The van der Waals surface area contributed by atoms with Crippen molar-refractivity contribution in [2.75, 3.05) is 0 Å². The Hall–Kier alpha value is -1.13. The van der Waals surface area contributed by atoms with Gasteiger partial charge in [0.1, 0.15) is 0 Å². The topological polar surface area (TPSA) is 29.9 Å². The summed E-state index contributed by atoms with van der Waals surface area (Å²) in [6.07, 6.45) is 5.46. The Morgan fingerprint density at radius 1 is 1.37 bits per heavy atom. The van der Waals surface area contributed by atoms with Gasteiger partial charge in [0.25, 0.3) is 0 Å². The van der Waals surface area contributed by atoms with Gasteiger partial charge in [-0.2, -0.15) is 0 Å². The lowest BCUT2D eigenvalue weighted by Gasteiger charge is -2.19. The molecular weight excluding hydrogens is 254 g/mol. The summed E-state index contributed by atoms with van der Waals surface area (Å²) in [7, 11) is 0. The molecular formula is C15H23N3S. The van der Waals surface area contributed by atoms with Gasteiger partial charge in [-0.1, -0.05) is 0 Å². The molecule has 104 valence electrons. The monoisotopic (exact) mass is 277 g/mol. The van der Waals surface area contributed by atoms with Gasteiger partial charge in [-0.25, -0.2) is 4.98 Å². The van der Waals surface area contributed by atoms with E-state index in [4.69, 9.17) is 0 Å². The Balaban J connectivity index is 1.86. The Kier molecular flexibility index (Phi) is 4.42. The quantitative estimate of drug-likeness (QED) is 0.908. The van der Waals surface area contributed by atoms with E-state index in [1.54, 1.807) is 11.3 Å². The minimum Gasteiger partial charge on any atom is -0.354 e. The van der Waals surface area contributed by atoms with Crippen LogP contribution in [0.2, 0.25) is 0 Å². The lowest BCUT2D eigenvalue weighted by atomic mass is 10.1. The van der Waals surface area contributed by atoms with Gasteiger partial charge < -0.3 is 9.88 Å². The largest absolute Gasteiger partial charge is 0.354 e. The molecule has 19 heavy (non-hydrogen) atoms. The van der Waals surface area contributed by atoms with Gasteiger partial charge in [0.05, 0.1) is 11.2 Å². The van der Waals surface area contributed by atoms with Gasteiger partial charge in [-0.15, -0.1) is 11.3 Å². The van der Waals surface area contributed by atoms with Gasteiger partial charge in [0.2, 0.25) is 0 Å². The summed E-state index contributed by atoms with van der Waals surface area (Å²) in [6.45, 7) is 10.6. The second-order valence-electron chi connectivity index (χ2n) is 5.97. The van der Waals surface area contributed by atoms with E-state index in [1.165, 1.54) is 16.1 Å². The molecule has 0 fully saturated rings. The average Bonchev–Trinajstić information content (AvgIpc) is 2.92. The molecule has 4 heteroatoms. The molecule has 2 heterocycles. The second kappa shape index (κ2) is 5.88. The molecule has 0 bridgehead atoms. The summed E-state index contributed by atoms with van der Waals surface area (Å²) in [6, 6.07) is 2.19. The average molecular weight is 277 g/mol. The summed E-state index contributed by atoms with van der Waals surface area (Å²) in [5.74, 6) is 0. The highest BCUT2D eigenvalue weighted by Gasteiger charge is 2.09.